The second-order valence-corrected chi connectivity index (χ2v) is 10.9. The van der Waals surface area contributed by atoms with Gasteiger partial charge in [-0.15, -0.1) is 0 Å². The zero-order valence-electron chi connectivity index (χ0n) is 25.1. The summed E-state index contributed by atoms with van der Waals surface area (Å²) in [4.78, 5) is 47.7. The van der Waals surface area contributed by atoms with Crippen LogP contribution < -0.4 is 17.0 Å². The molecule has 0 radical (unpaired) electrons. The van der Waals surface area contributed by atoms with Crippen molar-refractivity contribution in [2.45, 2.75) is 110 Å². The molecule has 11 nitrogen and oxygen atoms in total. The van der Waals surface area contributed by atoms with Crippen LogP contribution in [0.5, 0.6) is 0 Å². The molecular formula is C30H50N6O5. The number of H-pyrrole nitrogens is 1. The van der Waals surface area contributed by atoms with E-state index < -0.39 is 17.6 Å². The minimum atomic E-state index is -0.685. The monoisotopic (exact) mass is 574 g/mol. The molecule has 0 aromatic carbocycles. The molecule has 2 rings (SSSR count). The van der Waals surface area contributed by atoms with Crippen LogP contribution in [0.25, 0.3) is 11.2 Å². The summed E-state index contributed by atoms with van der Waals surface area (Å²) < 4.78 is 12.7. The van der Waals surface area contributed by atoms with Crippen molar-refractivity contribution in [3.05, 3.63) is 28.8 Å². The smallest absolute Gasteiger partial charge is 0.323 e. The van der Waals surface area contributed by atoms with E-state index >= 15 is 0 Å². The lowest BCUT2D eigenvalue weighted by atomic mass is 10.0. The number of nitrogens with one attached hydrogen (secondary N) is 1. The van der Waals surface area contributed by atoms with Gasteiger partial charge in [-0.25, -0.2) is 4.98 Å². The largest absolute Gasteiger partial charge is 0.465 e. The number of hydrogen-bond acceptors (Lipinski definition) is 9. The Bertz CT molecular complexity index is 1140. The van der Waals surface area contributed by atoms with E-state index in [0.29, 0.717) is 25.0 Å². The summed E-state index contributed by atoms with van der Waals surface area (Å²) in [6.45, 7) is 6.69. The van der Waals surface area contributed by atoms with Gasteiger partial charge in [0.15, 0.2) is 11.2 Å². The van der Waals surface area contributed by atoms with E-state index in [1.54, 1.807) is 4.57 Å². The summed E-state index contributed by atoms with van der Waals surface area (Å²) in [5, 5.41) is 0. The summed E-state index contributed by atoms with van der Waals surface area (Å²) >= 11 is 0. The maximum absolute atomic E-state index is 12.5. The van der Waals surface area contributed by atoms with E-state index in [-0.39, 0.29) is 42.5 Å². The van der Waals surface area contributed by atoms with E-state index in [1.165, 1.54) is 32.0 Å². The molecule has 11 heteroatoms. The minimum absolute atomic E-state index is 0.0105. The molecule has 2 heterocycles. The van der Waals surface area contributed by atoms with Crippen LogP contribution in [0.1, 0.15) is 97.8 Å². The lowest BCUT2D eigenvalue weighted by molar-refractivity contribution is -0.149. The zero-order chi connectivity index (χ0) is 30.0. The molecule has 2 aromatic heterocycles. The average molecular weight is 575 g/mol. The highest BCUT2D eigenvalue weighted by Gasteiger charge is 2.22. The van der Waals surface area contributed by atoms with Crippen LogP contribution in [0.2, 0.25) is 0 Å². The second kappa shape index (κ2) is 19.0. The maximum atomic E-state index is 12.5. The Labute approximate surface area is 243 Å². The van der Waals surface area contributed by atoms with E-state index in [1.807, 2.05) is 13.8 Å². The number of carbonyl (C=O) groups excluding carboxylic acids is 2. The summed E-state index contributed by atoms with van der Waals surface area (Å²) in [7, 11) is 0. The van der Waals surface area contributed by atoms with Crippen LogP contribution in [0.4, 0.5) is 5.95 Å². The van der Waals surface area contributed by atoms with Crippen LogP contribution in [0, 0.1) is 11.8 Å². The van der Waals surface area contributed by atoms with Crippen LogP contribution in [-0.4, -0.2) is 50.7 Å². The molecule has 5 N–H and O–H groups in total. The number of nitrogens with zero attached hydrogens (tertiary/aromatic N) is 3. The number of anilines is 1. The summed E-state index contributed by atoms with van der Waals surface area (Å²) in [5.41, 5.74) is 11.8. The third-order valence-electron chi connectivity index (χ3n) is 7.37. The molecule has 0 aliphatic carbocycles. The van der Waals surface area contributed by atoms with Crippen molar-refractivity contribution in [3.8, 4) is 0 Å². The lowest BCUT2D eigenvalue weighted by Crippen LogP contribution is -2.38. The highest BCUT2D eigenvalue weighted by Crippen LogP contribution is 2.16. The second-order valence-electron chi connectivity index (χ2n) is 10.9. The van der Waals surface area contributed by atoms with Gasteiger partial charge in [-0.3, -0.25) is 19.4 Å². The molecule has 0 amide bonds. The van der Waals surface area contributed by atoms with Gasteiger partial charge in [0, 0.05) is 18.9 Å². The Morgan fingerprint density at radius 1 is 1.07 bits per heavy atom. The Morgan fingerprint density at radius 3 is 2.51 bits per heavy atom. The van der Waals surface area contributed by atoms with Crippen molar-refractivity contribution in [2.24, 2.45) is 17.6 Å². The van der Waals surface area contributed by atoms with Crippen LogP contribution in [0.3, 0.4) is 0 Å². The number of aromatic nitrogens is 4. The lowest BCUT2D eigenvalue weighted by Gasteiger charge is -2.20. The Hall–Kier alpha value is -3.21. The topological polar surface area (TPSA) is 168 Å². The Kier molecular flexibility index (Phi) is 15.8. The number of aromatic amines is 1. The summed E-state index contributed by atoms with van der Waals surface area (Å²) in [6, 6.07) is -0.685. The van der Waals surface area contributed by atoms with Crippen molar-refractivity contribution < 1.29 is 19.1 Å². The Balaban J connectivity index is 1.84. The van der Waals surface area contributed by atoms with Gasteiger partial charge >= 0.3 is 11.9 Å². The standard InChI is InChI=1S/C30H50N6O5/c1-4-6-7-8-9-10-11-12-13-14-15-16-24(37)41-20-23(17-18-40-29(39)25(31)22(3)5-2)19-36-21-33-26-27(36)34-30(32)35-28(26)38/h8-9,21-23,25H,4-7,10-20,31H2,1-3H3,(H3,32,34,35,38)/b9-8+. The summed E-state index contributed by atoms with van der Waals surface area (Å²) in [5.74, 6) is -0.908. The summed E-state index contributed by atoms with van der Waals surface area (Å²) in [6.07, 6.45) is 17.6. The molecule has 0 aliphatic rings. The van der Waals surface area contributed by atoms with E-state index in [4.69, 9.17) is 20.9 Å². The molecule has 230 valence electrons. The number of rotatable bonds is 21. The molecule has 3 atom stereocenters. The molecule has 0 bridgehead atoms. The third-order valence-corrected chi connectivity index (χ3v) is 7.37. The predicted octanol–water partition coefficient (Wildman–Crippen LogP) is 4.65. The van der Waals surface area contributed by atoms with Crippen LogP contribution >= 0.6 is 0 Å². The number of nitrogen functional groups attached to an aromatic ring is 1. The highest BCUT2D eigenvalue weighted by molar-refractivity contribution is 5.75. The van der Waals surface area contributed by atoms with E-state index in [9.17, 15) is 14.4 Å². The van der Waals surface area contributed by atoms with Crippen molar-refractivity contribution in [1.82, 2.24) is 19.5 Å². The van der Waals surface area contributed by atoms with Gasteiger partial charge in [-0.1, -0.05) is 71.4 Å². The number of nitrogens with two attached hydrogens (primary N) is 2. The maximum Gasteiger partial charge on any atom is 0.323 e. The minimum Gasteiger partial charge on any atom is -0.465 e. The number of carbonyl (C=O) groups is 2. The number of imidazole rings is 1. The van der Waals surface area contributed by atoms with Gasteiger partial charge < -0.3 is 25.5 Å². The fourth-order valence-corrected chi connectivity index (χ4v) is 4.42. The molecule has 41 heavy (non-hydrogen) atoms. The van der Waals surface area contributed by atoms with Gasteiger partial charge in [-0.05, 0) is 38.0 Å². The molecule has 0 saturated carbocycles. The predicted molar refractivity (Wildman–Crippen MR) is 161 cm³/mol. The van der Waals surface area contributed by atoms with Crippen molar-refractivity contribution >= 4 is 29.1 Å². The SMILES string of the molecule is CCCC/C=C/CCCCCCCC(=O)OCC(CCOC(=O)C(N)C(C)CC)Cn1cnc2c(=O)[nH]c(N)nc21. The molecule has 2 aromatic rings. The fraction of sp³-hybridized carbons (Fsp3) is 0.700. The van der Waals surface area contributed by atoms with Crippen molar-refractivity contribution in [2.75, 3.05) is 18.9 Å². The zero-order valence-corrected chi connectivity index (χ0v) is 25.1. The number of esters is 2. The van der Waals surface area contributed by atoms with Gasteiger partial charge in [0.25, 0.3) is 5.56 Å². The Morgan fingerprint density at radius 2 is 1.78 bits per heavy atom. The van der Waals surface area contributed by atoms with Crippen LogP contribution in [0.15, 0.2) is 23.3 Å². The van der Waals surface area contributed by atoms with E-state index in [2.05, 4.69) is 34.0 Å². The normalized spacial score (nSPS) is 13.9. The molecule has 0 spiro atoms. The molecule has 0 aliphatic heterocycles. The van der Waals surface area contributed by atoms with Gasteiger partial charge in [0.05, 0.1) is 19.5 Å². The van der Waals surface area contributed by atoms with Crippen molar-refractivity contribution in [3.63, 3.8) is 0 Å². The number of unbranched alkanes of at least 4 members (excludes halogenated alkanes) is 7. The number of allylic oxidation sites excluding steroid dienone is 2. The first-order valence-corrected chi connectivity index (χ1v) is 15.2. The quantitative estimate of drug-likeness (QED) is 0.109. The average Bonchev–Trinajstić information content (AvgIpc) is 3.35. The van der Waals surface area contributed by atoms with Gasteiger partial charge in [0.1, 0.15) is 6.04 Å². The highest BCUT2D eigenvalue weighted by atomic mass is 16.5. The molecule has 3 unspecified atom stereocenters. The first-order valence-electron chi connectivity index (χ1n) is 15.2. The number of fused-ring (bicyclic) bond motifs is 1. The van der Waals surface area contributed by atoms with Gasteiger partial charge in [0.2, 0.25) is 5.95 Å². The molecule has 0 saturated heterocycles. The number of hydrogen-bond donors (Lipinski definition) is 3. The fourth-order valence-electron chi connectivity index (χ4n) is 4.42. The van der Waals surface area contributed by atoms with Crippen molar-refractivity contribution in [1.29, 1.82) is 0 Å². The first-order chi connectivity index (χ1) is 19.8. The van der Waals surface area contributed by atoms with Crippen LogP contribution in [-0.2, 0) is 25.6 Å². The first kappa shape index (κ1) is 34.0. The molecule has 0 fully saturated rings. The number of ether oxygens (including phenoxy) is 2. The molecular weight excluding hydrogens is 524 g/mol. The van der Waals surface area contributed by atoms with Gasteiger partial charge in [-0.2, -0.15) is 4.98 Å². The van der Waals surface area contributed by atoms with E-state index in [0.717, 1.165) is 38.5 Å². The third kappa shape index (κ3) is 12.5.